The van der Waals surface area contributed by atoms with Gasteiger partial charge in [-0.1, -0.05) is 0 Å². The van der Waals surface area contributed by atoms with E-state index < -0.39 is 5.60 Å². The summed E-state index contributed by atoms with van der Waals surface area (Å²) in [6.45, 7) is 8.84. The molecule has 2 saturated heterocycles. The SMILES string of the molecule is CC(C)(C)OC(=O)N1CCN(c2nc(Cl)nc(NC3CCOCC3)c2[NH2+][O-])CC1. The molecule has 162 valence electrons. The van der Waals surface area contributed by atoms with Crippen LogP contribution in [0.25, 0.3) is 0 Å². The van der Waals surface area contributed by atoms with Crippen LogP contribution in [0.5, 0.6) is 0 Å². The fourth-order valence-corrected chi connectivity index (χ4v) is 3.52. The van der Waals surface area contributed by atoms with E-state index in [4.69, 9.17) is 21.1 Å². The average Bonchev–Trinajstić information content (AvgIpc) is 2.67. The maximum atomic E-state index is 12.3. The van der Waals surface area contributed by atoms with Gasteiger partial charge in [-0.25, -0.2) is 4.79 Å². The third-order valence-corrected chi connectivity index (χ3v) is 4.98. The van der Waals surface area contributed by atoms with Crippen LogP contribution in [0.2, 0.25) is 5.28 Å². The minimum atomic E-state index is -0.538. The number of nitrogens with one attached hydrogen (secondary N) is 1. The number of ether oxygens (including phenoxy) is 2. The van der Waals surface area contributed by atoms with E-state index in [0.29, 0.717) is 56.7 Å². The molecular weight excluding hydrogens is 400 g/mol. The van der Waals surface area contributed by atoms with E-state index in [1.54, 1.807) is 4.90 Å². The molecule has 1 amide bonds. The van der Waals surface area contributed by atoms with Gasteiger partial charge in [0.2, 0.25) is 11.0 Å². The van der Waals surface area contributed by atoms with Crippen LogP contribution in [0.3, 0.4) is 0 Å². The normalized spacial score (nSPS) is 18.7. The molecule has 0 radical (unpaired) electrons. The number of anilines is 2. The molecule has 2 aliphatic heterocycles. The lowest BCUT2D eigenvalue weighted by atomic mass is 10.1. The van der Waals surface area contributed by atoms with E-state index in [0.717, 1.165) is 18.3 Å². The van der Waals surface area contributed by atoms with Crippen molar-refractivity contribution in [2.45, 2.75) is 45.3 Å². The quantitative estimate of drug-likeness (QED) is 0.546. The molecule has 2 fully saturated rings. The zero-order valence-electron chi connectivity index (χ0n) is 17.1. The number of hydrogen-bond acceptors (Lipinski definition) is 8. The summed E-state index contributed by atoms with van der Waals surface area (Å²) in [5.41, 5.74) is 0.601. The van der Waals surface area contributed by atoms with Crippen molar-refractivity contribution in [3.63, 3.8) is 0 Å². The van der Waals surface area contributed by atoms with Crippen molar-refractivity contribution in [3.8, 4) is 0 Å². The highest BCUT2D eigenvalue weighted by atomic mass is 35.5. The van der Waals surface area contributed by atoms with E-state index >= 15 is 0 Å². The maximum Gasteiger partial charge on any atom is 0.410 e. The number of amides is 1. The molecule has 0 bridgehead atoms. The molecule has 0 aromatic carbocycles. The zero-order chi connectivity index (χ0) is 21.0. The molecule has 0 atom stereocenters. The van der Waals surface area contributed by atoms with Gasteiger partial charge in [-0.3, -0.25) is 0 Å². The summed E-state index contributed by atoms with van der Waals surface area (Å²) < 4.78 is 10.8. The number of carbonyl (C=O) groups excluding carboxylic acids is 1. The number of aromatic nitrogens is 2. The highest BCUT2D eigenvalue weighted by molar-refractivity contribution is 6.28. The molecule has 2 aliphatic rings. The molecule has 29 heavy (non-hydrogen) atoms. The molecule has 0 aliphatic carbocycles. The first kappa shape index (κ1) is 21.8. The third kappa shape index (κ3) is 5.81. The Morgan fingerprint density at radius 3 is 2.48 bits per heavy atom. The first-order chi connectivity index (χ1) is 13.8. The van der Waals surface area contributed by atoms with Crippen molar-refractivity contribution >= 4 is 35.0 Å². The van der Waals surface area contributed by atoms with Crippen LogP contribution in [0.4, 0.5) is 22.1 Å². The second kappa shape index (κ2) is 9.29. The largest absolute Gasteiger partial charge is 0.630 e. The molecule has 10 nitrogen and oxygen atoms in total. The number of rotatable bonds is 4. The van der Waals surface area contributed by atoms with Crippen LogP contribution in [0, 0.1) is 5.21 Å². The summed E-state index contributed by atoms with van der Waals surface area (Å²) in [4.78, 5) is 24.4. The number of piperazine rings is 1. The number of hydrogen-bond donors (Lipinski definition) is 2. The van der Waals surface area contributed by atoms with Crippen molar-refractivity contribution in [3.05, 3.63) is 10.5 Å². The Balaban J connectivity index is 1.71. The van der Waals surface area contributed by atoms with Gasteiger partial charge < -0.3 is 35.3 Å². The molecule has 3 rings (SSSR count). The number of carbonyl (C=O) groups is 1. The van der Waals surface area contributed by atoms with Crippen LogP contribution in [0.15, 0.2) is 0 Å². The molecule has 3 N–H and O–H groups in total. The van der Waals surface area contributed by atoms with Gasteiger partial charge in [-0.15, -0.1) is 0 Å². The Morgan fingerprint density at radius 2 is 1.90 bits per heavy atom. The summed E-state index contributed by atoms with van der Waals surface area (Å²) >= 11 is 6.15. The Labute approximate surface area is 175 Å². The van der Waals surface area contributed by atoms with Gasteiger partial charge >= 0.3 is 6.09 Å². The average molecular weight is 429 g/mol. The fourth-order valence-electron chi connectivity index (χ4n) is 3.35. The fraction of sp³-hybridized carbons (Fsp3) is 0.722. The van der Waals surface area contributed by atoms with Crippen LogP contribution in [-0.4, -0.2) is 72.0 Å². The van der Waals surface area contributed by atoms with Gasteiger partial charge in [-0.05, 0) is 45.2 Å². The van der Waals surface area contributed by atoms with Crippen molar-refractivity contribution in [2.24, 2.45) is 0 Å². The lowest BCUT2D eigenvalue weighted by molar-refractivity contribution is -0.495. The molecule has 11 heteroatoms. The topological polar surface area (TPSA) is 119 Å². The minimum Gasteiger partial charge on any atom is -0.630 e. The lowest BCUT2D eigenvalue weighted by Gasteiger charge is -2.36. The Hall–Kier alpha value is -1.88. The van der Waals surface area contributed by atoms with Gasteiger partial charge in [-0.2, -0.15) is 9.97 Å². The third-order valence-electron chi connectivity index (χ3n) is 4.81. The van der Waals surface area contributed by atoms with Crippen molar-refractivity contribution < 1.29 is 19.7 Å². The van der Waals surface area contributed by atoms with Gasteiger partial charge in [0.25, 0.3) is 0 Å². The van der Waals surface area contributed by atoms with Crippen LogP contribution < -0.4 is 15.7 Å². The standard InChI is InChI=1S/C18H29ClN6O4/c1-18(2,3)29-17(26)25-8-6-24(7-9-25)15-13(23-27)14(21-16(19)22-15)20-12-4-10-28-11-5-12/h12H,4-11,23H2,1-3H3,(H,20,21,22). The Kier molecular flexibility index (Phi) is 6.99. The Bertz CT molecular complexity index is 715. The van der Waals surface area contributed by atoms with E-state index in [1.807, 2.05) is 25.7 Å². The van der Waals surface area contributed by atoms with Gasteiger partial charge in [0.15, 0.2) is 11.6 Å². The molecule has 1 aromatic rings. The number of nitrogens with zero attached hydrogens (tertiary/aromatic N) is 4. The van der Waals surface area contributed by atoms with Crippen molar-refractivity contribution in [1.29, 1.82) is 0 Å². The second-order valence-corrected chi connectivity index (χ2v) is 8.52. The van der Waals surface area contributed by atoms with E-state index in [9.17, 15) is 10.0 Å². The van der Waals surface area contributed by atoms with Crippen molar-refractivity contribution in [2.75, 3.05) is 49.6 Å². The van der Waals surface area contributed by atoms with E-state index in [2.05, 4.69) is 15.3 Å². The summed E-state index contributed by atoms with van der Waals surface area (Å²) in [7, 11) is 0. The minimum absolute atomic E-state index is 0.0785. The van der Waals surface area contributed by atoms with E-state index in [-0.39, 0.29) is 17.4 Å². The number of quaternary nitrogens is 1. The lowest BCUT2D eigenvalue weighted by Crippen LogP contribution is -2.71. The number of halogens is 1. The van der Waals surface area contributed by atoms with Crippen molar-refractivity contribution in [1.82, 2.24) is 14.9 Å². The smallest absolute Gasteiger partial charge is 0.410 e. The van der Waals surface area contributed by atoms with Gasteiger partial charge in [0, 0.05) is 45.4 Å². The monoisotopic (exact) mass is 428 g/mol. The molecule has 1 aromatic heterocycles. The highest BCUT2D eigenvalue weighted by Crippen LogP contribution is 2.30. The molecule has 0 spiro atoms. The number of nitrogens with two attached hydrogens (primary N) is 1. The molecule has 0 unspecified atom stereocenters. The van der Waals surface area contributed by atoms with Crippen LogP contribution in [0.1, 0.15) is 33.6 Å². The molecule has 0 saturated carbocycles. The summed E-state index contributed by atoms with van der Waals surface area (Å²) in [5.74, 6) is 0.926. The summed E-state index contributed by atoms with van der Waals surface area (Å²) in [5, 5.41) is 15.3. The Morgan fingerprint density at radius 1 is 1.24 bits per heavy atom. The first-order valence-electron chi connectivity index (χ1n) is 9.86. The molecular formula is C18H29ClN6O4. The van der Waals surface area contributed by atoms with Crippen LogP contribution in [-0.2, 0) is 9.47 Å². The predicted octanol–water partition coefficient (Wildman–Crippen LogP) is 1.47. The molecule has 3 heterocycles. The predicted molar refractivity (Wildman–Crippen MR) is 109 cm³/mol. The highest BCUT2D eigenvalue weighted by Gasteiger charge is 2.29. The van der Waals surface area contributed by atoms with Crippen LogP contribution >= 0.6 is 11.6 Å². The summed E-state index contributed by atoms with van der Waals surface area (Å²) in [6.07, 6.45) is 1.34. The van der Waals surface area contributed by atoms with Gasteiger partial charge in [0.1, 0.15) is 5.60 Å². The summed E-state index contributed by atoms with van der Waals surface area (Å²) in [6, 6.07) is 0.172. The first-order valence-corrected chi connectivity index (χ1v) is 10.2. The van der Waals surface area contributed by atoms with E-state index in [1.165, 1.54) is 0 Å². The van der Waals surface area contributed by atoms with Gasteiger partial charge in [0.05, 0.1) is 0 Å². The second-order valence-electron chi connectivity index (χ2n) is 8.18. The maximum absolute atomic E-state index is 12.3. The zero-order valence-corrected chi connectivity index (χ0v) is 17.9.